The van der Waals surface area contributed by atoms with Crippen molar-refractivity contribution in [1.82, 2.24) is 4.90 Å². The number of halogens is 3. The average Bonchev–Trinajstić information content (AvgIpc) is 2.86. The lowest BCUT2D eigenvalue weighted by Gasteiger charge is -2.42. The molecule has 0 aromatic heterocycles. The van der Waals surface area contributed by atoms with Gasteiger partial charge in [0.1, 0.15) is 0 Å². The van der Waals surface area contributed by atoms with Crippen LogP contribution in [-0.2, 0) is 14.4 Å². The van der Waals surface area contributed by atoms with E-state index in [0.717, 1.165) is 37.1 Å². The normalized spacial score (nSPS) is 18.1. The summed E-state index contributed by atoms with van der Waals surface area (Å²) >= 11 is 19.3. The average molecular weight is 560 g/mol. The Morgan fingerprint density at radius 1 is 0.919 bits per heavy atom. The summed E-state index contributed by atoms with van der Waals surface area (Å²) in [5.74, 6) is -0.694. The van der Waals surface area contributed by atoms with Crippen molar-refractivity contribution < 1.29 is 19.1 Å². The minimum atomic E-state index is -0.519. The summed E-state index contributed by atoms with van der Waals surface area (Å²) in [5, 5.41) is 3.49. The number of benzene rings is 2. The number of Topliss-reactive ketones (excluding diaryl/α,β-unsaturated/α-hetero) is 2. The smallest absolute Gasteiger partial charge is 0.262 e. The lowest BCUT2D eigenvalue weighted by molar-refractivity contribution is -0.118. The Hall–Kier alpha value is -2.80. The molecule has 0 spiro atoms. The van der Waals surface area contributed by atoms with E-state index in [-0.39, 0.29) is 34.0 Å². The summed E-state index contributed by atoms with van der Waals surface area (Å²) in [6.07, 6.45) is 4.03. The molecule has 0 fully saturated rings. The van der Waals surface area contributed by atoms with E-state index in [2.05, 4.69) is 5.32 Å². The molecule has 9 heteroatoms. The van der Waals surface area contributed by atoms with Crippen molar-refractivity contribution in [3.63, 3.8) is 0 Å². The molecule has 1 N–H and O–H groups in total. The van der Waals surface area contributed by atoms with Crippen LogP contribution >= 0.6 is 34.8 Å². The number of nitrogens with zero attached hydrogens (tertiary/aromatic N) is 1. The first-order valence-corrected chi connectivity index (χ1v) is 13.3. The molecule has 2 aliphatic carbocycles. The van der Waals surface area contributed by atoms with Crippen LogP contribution in [0.3, 0.4) is 0 Å². The van der Waals surface area contributed by atoms with Crippen molar-refractivity contribution in [1.29, 1.82) is 0 Å². The molecule has 2 aromatic carbocycles. The number of amides is 1. The maximum Gasteiger partial charge on any atom is 0.262 e. The fourth-order valence-electron chi connectivity index (χ4n) is 5.46. The summed E-state index contributed by atoms with van der Waals surface area (Å²) in [7, 11) is 1.95. The van der Waals surface area contributed by atoms with Crippen molar-refractivity contribution in [2.45, 2.75) is 44.4 Å². The number of carbonyl (C=O) groups is 3. The topological polar surface area (TPSA) is 75.7 Å². The van der Waals surface area contributed by atoms with E-state index in [1.54, 1.807) is 36.4 Å². The van der Waals surface area contributed by atoms with Gasteiger partial charge in [0.25, 0.3) is 5.91 Å². The molecule has 37 heavy (non-hydrogen) atoms. The quantitative estimate of drug-likeness (QED) is 0.441. The number of anilines is 1. The number of ketones is 2. The number of ether oxygens (including phenoxy) is 1. The number of allylic oxidation sites excluding steroid dienone is 4. The zero-order chi connectivity index (χ0) is 26.3. The van der Waals surface area contributed by atoms with Gasteiger partial charge in [0.15, 0.2) is 23.9 Å². The van der Waals surface area contributed by atoms with Gasteiger partial charge in [0.2, 0.25) is 0 Å². The molecule has 0 radical (unpaired) electrons. The summed E-state index contributed by atoms with van der Waals surface area (Å²) in [4.78, 5) is 40.8. The summed E-state index contributed by atoms with van der Waals surface area (Å²) in [5.41, 5.74) is 4.39. The summed E-state index contributed by atoms with van der Waals surface area (Å²) in [6, 6.07) is 10.2. The van der Waals surface area contributed by atoms with E-state index >= 15 is 0 Å². The van der Waals surface area contributed by atoms with Crippen molar-refractivity contribution in [2.75, 3.05) is 19.0 Å². The van der Waals surface area contributed by atoms with Gasteiger partial charge in [-0.25, -0.2) is 0 Å². The van der Waals surface area contributed by atoms with E-state index in [1.165, 1.54) is 0 Å². The predicted octanol–water partition coefficient (Wildman–Crippen LogP) is 6.71. The number of carbonyl (C=O) groups excluding carboxylic acids is 3. The molecular formula is C28H25Cl3N2O4. The third-order valence-electron chi connectivity index (χ3n) is 7.09. The molecule has 1 heterocycles. The van der Waals surface area contributed by atoms with Gasteiger partial charge in [0, 0.05) is 48.3 Å². The van der Waals surface area contributed by atoms with Crippen LogP contribution < -0.4 is 10.1 Å². The Morgan fingerprint density at radius 2 is 1.49 bits per heavy atom. The van der Waals surface area contributed by atoms with Gasteiger partial charge in [-0.2, -0.15) is 0 Å². The fourth-order valence-corrected chi connectivity index (χ4v) is 6.25. The first-order chi connectivity index (χ1) is 17.8. The van der Waals surface area contributed by atoms with E-state index in [0.29, 0.717) is 40.3 Å². The molecule has 6 nitrogen and oxygen atoms in total. The fraction of sp³-hybridized carbons (Fsp3) is 0.321. The molecule has 0 atom stereocenters. The van der Waals surface area contributed by atoms with E-state index in [9.17, 15) is 14.4 Å². The number of hydrogen-bond donors (Lipinski definition) is 1. The van der Waals surface area contributed by atoms with Crippen molar-refractivity contribution in [2.24, 2.45) is 0 Å². The molecule has 5 rings (SSSR count). The Kier molecular flexibility index (Phi) is 7.35. The minimum Gasteiger partial charge on any atom is -0.481 e. The van der Waals surface area contributed by atoms with Crippen molar-refractivity contribution in [3.05, 3.63) is 79.6 Å². The molecule has 1 aliphatic heterocycles. The lowest BCUT2D eigenvalue weighted by Crippen LogP contribution is -2.37. The van der Waals surface area contributed by atoms with Crippen molar-refractivity contribution in [3.8, 4) is 5.75 Å². The lowest BCUT2D eigenvalue weighted by atomic mass is 9.71. The largest absolute Gasteiger partial charge is 0.481 e. The van der Waals surface area contributed by atoms with Gasteiger partial charge in [-0.1, -0.05) is 46.9 Å². The van der Waals surface area contributed by atoms with Crippen LogP contribution in [0.25, 0.3) is 0 Å². The van der Waals surface area contributed by atoms with Crippen LogP contribution in [0, 0.1) is 0 Å². The molecule has 2 aromatic rings. The Bertz CT molecular complexity index is 1310. The molecule has 192 valence electrons. The Labute approximate surface area is 230 Å². The molecule has 0 unspecified atom stereocenters. The van der Waals surface area contributed by atoms with Crippen LogP contribution in [0.1, 0.15) is 50.0 Å². The van der Waals surface area contributed by atoms with Gasteiger partial charge in [-0.3, -0.25) is 14.4 Å². The highest BCUT2D eigenvalue weighted by Crippen LogP contribution is 2.50. The predicted molar refractivity (Wildman–Crippen MR) is 144 cm³/mol. The first-order valence-electron chi connectivity index (χ1n) is 12.2. The molecule has 0 saturated carbocycles. The molecule has 3 aliphatic rings. The third kappa shape index (κ3) is 4.90. The highest BCUT2D eigenvalue weighted by Gasteiger charge is 2.42. The zero-order valence-corrected chi connectivity index (χ0v) is 22.5. The van der Waals surface area contributed by atoms with Gasteiger partial charge in [-0.15, -0.1) is 0 Å². The van der Waals surface area contributed by atoms with Gasteiger partial charge >= 0.3 is 0 Å². The second-order valence-electron chi connectivity index (χ2n) is 9.40. The van der Waals surface area contributed by atoms with Gasteiger partial charge in [0.05, 0.1) is 20.8 Å². The van der Waals surface area contributed by atoms with E-state index in [4.69, 9.17) is 39.5 Å². The Balaban J connectivity index is 1.45. The molecule has 0 saturated heterocycles. The number of para-hydroxylation sites is 1. The number of hydrogen-bond acceptors (Lipinski definition) is 5. The summed E-state index contributed by atoms with van der Waals surface area (Å²) in [6.45, 7) is -0.334. The zero-order valence-electron chi connectivity index (χ0n) is 20.2. The third-order valence-corrected chi connectivity index (χ3v) is 7.99. The monoisotopic (exact) mass is 558 g/mol. The first kappa shape index (κ1) is 25.8. The second kappa shape index (κ2) is 10.5. The van der Waals surface area contributed by atoms with E-state index in [1.807, 2.05) is 11.9 Å². The highest BCUT2D eigenvalue weighted by molar-refractivity contribution is 6.37. The summed E-state index contributed by atoms with van der Waals surface area (Å²) < 4.78 is 5.67. The van der Waals surface area contributed by atoms with Crippen LogP contribution in [-0.4, -0.2) is 36.0 Å². The van der Waals surface area contributed by atoms with Gasteiger partial charge < -0.3 is 15.0 Å². The van der Waals surface area contributed by atoms with E-state index < -0.39 is 11.8 Å². The Morgan fingerprint density at radius 3 is 2.05 bits per heavy atom. The van der Waals surface area contributed by atoms with Crippen LogP contribution in [0.2, 0.25) is 15.1 Å². The number of rotatable bonds is 5. The van der Waals surface area contributed by atoms with Crippen LogP contribution in [0.15, 0.2) is 58.9 Å². The maximum absolute atomic E-state index is 13.2. The van der Waals surface area contributed by atoms with Crippen LogP contribution in [0.4, 0.5) is 5.69 Å². The van der Waals surface area contributed by atoms with Gasteiger partial charge in [-0.05, 0) is 55.5 Å². The molecule has 0 bridgehead atoms. The molecule has 1 amide bonds. The number of nitrogens with one attached hydrogen (secondary N) is 1. The minimum absolute atomic E-state index is 0.0480. The molecular weight excluding hydrogens is 535 g/mol. The standard InChI is InChI=1S/C28H25Cl3N2O4/c1-33-20-8-4-10-22(34)26(20)25(27-21(33)9-5-11-23(27)35)15-12-17(30)28(18(31)13-15)37-14-24(36)32-19-7-3-2-6-16(19)29/h2-3,6-7,12-13,25H,4-5,8-11,14H2,1H3,(H,32,36). The second-order valence-corrected chi connectivity index (χ2v) is 10.6. The van der Waals surface area contributed by atoms with Crippen molar-refractivity contribution >= 4 is 58.0 Å². The SMILES string of the molecule is CN1C2=C(C(=O)CCC2)C(c2cc(Cl)c(OCC(=O)Nc3ccccc3Cl)c(Cl)c2)C2=C1CCCC2=O. The highest BCUT2D eigenvalue weighted by atomic mass is 35.5. The maximum atomic E-state index is 13.2. The van der Waals surface area contributed by atoms with Crippen LogP contribution in [0.5, 0.6) is 5.75 Å².